The predicted molar refractivity (Wildman–Crippen MR) is 66.7 cm³/mol. The average molecular weight is 262 g/mol. The number of nitriles is 1. The molecule has 1 aliphatic heterocycles. The molecule has 1 fully saturated rings. The highest BCUT2D eigenvalue weighted by Gasteiger charge is 2.25. The van der Waals surface area contributed by atoms with Gasteiger partial charge in [0.15, 0.2) is 11.6 Å². The fourth-order valence-electron chi connectivity index (χ4n) is 2.18. The predicted octanol–water partition coefficient (Wildman–Crippen LogP) is 2.10. The van der Waals surface area contributed by atoms with Gasteiger partial charge in [-0.1, -0.05) is 6.07 Å². The molecule has 1 aliphatic rings. The summed E-state index contributed by atoms with van der Waals surface area (Å²) in [7, 11) is 1.41. The van der Waals surface area contributed by atoms with Crippen LogP contribution in [0.1, 0.15) is 18.4 Å². The van der Waals surface area contributed by atoms with Gasteiger partial charge >= 0.3 is 0 Å². The molecule has 19 heavy (non-hydrogen) atoms. The van der Waals surface area contributed by atoms with Crippen molar-refractivity contribution < 1.29 is 13.9 Å². The second-order valence-electron chi connectivity index (χ2n) is 4.60. The lowest BCUT2D eigenvalue weighted by Gasteiger charge is -2.29. The maximum Gasteiger partial charge on any atom is 0.224 e. The van der Waals surface area contributed by atoms with Crippen LogP contribution in [0.4, 0.5) is 4.39 Å². The first-order valence-corrected chi connectivity index (χ1v) is 6.14. The minimum atomic E-state index is -0.431. The Bertz CT molecular complexity index is 525. The van der Waals surface area contributed by atoms with Crippen molar-refractivity contribution in [3.05, 3.63) is 29.6 Å². The van der Waals surface area contributed by atoms with Gasteiger partial charge in [-0.05, 0) is 24.1 Å². The van der Waals surface area contributed by atoms with Gasteiger partial charge in [-0.3, -0.25) is 4.79 Å². The van der Waals surface area contributed by atoms with Crippen LogP contribution in [0, 0.1) is 23.1 Å². The van der Waals surface area contributed by atoms with Crippen molar-refractivity contribution in [2.24, 2.45) is 5.92 Å². The number of ether oxygens (including phenoxy) is 1. The maximum atomic E-state index is 13.5. The molecule has 2 rings (SSSR count). The number of rotatable bonds is 3. The van der Waals surface area contributed by atoms with Crippen LogP contribution in [-0.2, 0) is 11.3 Å². The average Bonchev–Trinajstić information content (AvgIpc) is 2.41. The summed E-state index contributed by atoms with van der Waals surface area (Å²) < 4.78 is 18.4. The van der Waals surface area contributed by atoms with Crippen LogP contribution in [0.5, 0.6) is 5.75 Å². The number of halogens is 1. The van der Waals surface area contributed by atoms with Crippen molar-refractivity contribution in [3.8, 4) is 11.8 Å². The zero-order valence-corrected chi connectivity index (χ0v) is 10.7. The van der Waals surface area contributed by atoms with E-state index in [0.717, 1.165) is 5.56 Å². The Morgan fingerprint density at radius 1 is 1.58 bits per heavy atom. The second kappa shape index (κ2) is 5.70. The summed E-state index contributed by atoms with van der Waals surface area (Å²) in [5.74, 6) is -0.469. The lowest BCUT2D eigenvalue weighted by molar-refractivity contribution is -0.134. The molecule has 0 bridgehead atoms. The van der Waals surface area contributed by atoms with Gasteiger partial charge in [-0.15, -0.1) is 0 Å². The standard InChI is InChI=1S/C14H15FN2O2/c1-19-13-3-2-11(6-12(13)15)9-17-5-4-10(8-16)7-14(17)18/h2-3,6,10H,4-5,7,9H2,1H3. The first kappa shape index (κ1) is 13.3. The number of carbonyl (C=O) groups excluding carboxylic acids is 1. The quantitative estimate of drug-likeness (QED) is 0.838. The lowest BCUT2D eigenvalue weighted by Crippen LogP contribution is -2.37. The minimum Gasteiger partial charge on any atom is -0.494 e. The first-order valence-electron chi connectivity index (χ1n) is 6.14. The van der Waals surface area contributed by atoms with Gasteiger partial charge in [0, 0.05) is 19.5 Å². The van der Waals surface area contributed by atoms with E-state index in [1.165, 1.54) is 13.2 Å². The summed E-state index contributed by atoms with van der Waals surface area (Å²) in [6.07, 6.45) is 0.940. The number of hydrogen-bond donors (Lipinski definition) is 0. The van der Waals surface area contributed by atoms with Crippen molar-refractivity contribution in [2.75, 3.05) is 13.7 Å². The molecule has 0 spiro atoms. The largest absolute Gasteiger partial charge is 0.494 e. The van der Waals surface area contributed by atoms with Gasteiger partial charge in [0.25, 0.3) is 0 Å². The van der Waals surface area contributed by atoms with Gasteiger partial charge in [-0.25, -0.2) is 4.39 Å². The highest BCUT2D eigenvalue weighted by atomic mass is 19.1. The fraction of sp³-hybridized carbons (Fsp3) is 0.429. The third-order valence-electron chi connectivity index (χ3n) is 3.29. The van der Waals surface area contributed by atoms with Crippen LogP contribution >= 0.6 is 0 Å². The molecule has 4 nitrogen and oxygen atoms in total. The molecular formula is C14H15FN2O2. The molecule has 1 unspecified atom stereocenters. The zero-order chi connectivity index (χ0) is 13.8. The van der Waals surface area contributed by atoms with E-state index in [0.29, 0.717) is 19.5 Å². The highest BCUT2D eigenvalue weighted by Crippen LogP contribution is 2.22. The Labute approximate surface area is 111 Å². The van der Waals surface area contributed by atoms with Crippen LogP contribution in [0.2, 0.25) is 0 Å². The van der Waals surface area contributed by atoms with E-state index >= 15 is 0 Å². The third kappa shape index (κ3) is 3.02. The smallest absolute Gasteiger partial charge is 0.224 e. The molecule has 1 heterocycles. The first-order chi connectivity index (χ1) is 9.13. The Balaban J connectivity index is 2.04. The van der Waals surface area contributed by atoms with Crippen LogP contribution in [0.15, 0.2) is 18.2 Å². The van der Waals surface area contributed by atoms with Crippen molar-refractivity contribution in [1.82, 2.24) is 4.90 Å². The Morgan fingerprint density at radius 2 is 2.37 bits per heavy atom. The van der Waals surface area contributed by atoms with E-state index in [1.54, 1.807) is 17.0 Å². The summed E-state index contributed by atoms with van der Waals surface area (Å²) in [4.78, 5) is 13.5. The number of methoxy groups -OCH3 is 1. The molecule has 100 valence electrons. The molecule has 5 heteroatoms. The van der Waals surface area contributed by atoms with Gasteiger partial charge < -0.3 is 9.64 Å². The molecule has 1 aromatic rings. The maximum absolute atomic E-state index is 13.5. The molecule has 0 saturated carbocycles. The van der Waals surface area contributed by atoms with E-state index in [9.17, 15) is 9.18 Å². The van der Waals surface area contributed by atoms with Gasteiger partial charge in [0.05, 0.1) is 19.1 Å². The Hall–Kier alpha value is -2.09. The van der Waals surface area contributed by atoms with Crippen molar-refractivity contribution in [2.45, 2.75) is 19.4 Å². The lowest BCUT2D eigenvalue weighted by atomic mass is 9.97. The van der Waals surface area contributed by atoms with Crippen LogP contribution in [-0.4, -0.2) is 24.5 Å². The number of nitrogens with zero attached hydrogens (tertiary/aromatic N) is 2. The fourth-order valence-corrected chi connectivity index (χ4v) is 2.18. The number of carbonyl (C=O) groups is 1. The molecule has 1 aromatic carbocycles. The molecule has 0 radical (unpaired) electrons. The molecular weight excluding hydrogens is 247 g/mol. The number of piperidine rings is 1. The number of hydrogen-bond acceptors (Lipinski definition) is 3. The van der Waals surface area contributed by atoms with E-state index in [2.05, 4.69) is 6.07 Å². The van der Waals surface area contributed by atoms with Gasteiger partial charge in [0.1, 0.15) is 0 Å². The molecule has 0 aromatic heterocycles. The summed E-state index contributed by atoms with van der Waals surface area (Å²) >= 11 is 0. The molecule has 0 N–H and O–H groups in total. The van der Waals surface area contributed by atoms with Crippen molar-refractivity contribution in [1.29, 1.82) is 5.26 Å². The van der Waals surface area contributed by atoms with E-state index in [4.69, 9.17) is 10.00 Å². The Morgan fingerprint density at radius 3 is 2.95 bits per heavy atom. The number of benzene rings is 1. The molecule has 0 aliphatic carbocycles. The molecule has 1 amide bonds. The van der Waals surface area contributed by atoms with Gasteiger partial charge in [-0.2, -0.15) is 5.26 Å². The number of likely N-dealkylation sites (tertiary alicyclic amines) is 1. The second-order valence-corrected chi connectivity index (χ2v) is 4.60. The van der Waals surface area contributed by atoms with E-state index in [1.807, 2.05) is 0 Å². The molecule has 1 saturated heterocycles. The third-order valence-corrected chi connectivity index (χ3v) is 3.29. The monoisotopic (exact) mass is 262 g/mol. The summed E-state index contributed by atoms with van der Waals surface area (Å²) in [5, 5.41) is 8.79. The van der Waals surface area contributed by atoms with Crippen LogP contribution < -0.4 is 4.74 Å². The summed E-state index contributed by atoms with van der Waals surface area (Å²) in [6, 6.07) is 6.79. The molecule has 1 atom stereocenters. The Kier molecular flexibility index (Phi) is 4.00. The minimum absolute atomic E-state index is 0.0472. The van der Waals surface area contributed by atoms with Gasteiger partial charge in [0.2, 0.25) is 5.91 Å². The SMILES string of the molecule is COc1ccc(CN2CCC(C#N)CC2=O)cc1F. The summed E-state index contributed by atoms with van der Waals surface area (Å²) in [6.45, 7) is 0.919. The number of amides is 1. The van der Waals surface area contributed by atoms with Crippen molar-refractivity contribution in [3.63, 3.8) is 0 Å². The van der Waals surface area contributed by atoms with Crippen LogP contribution in [0.25, 0.3) is 0 Å². The topological polar surface area (TPSA) is 53.3 Å². The zero-order valence-electron chi connectivity index (χ0n) is 10.7. The summed E-state index contributed by atoms with van der Waals surface area (Å²) in [5.41, 5.74) is 0.724. The normalized spacial score (nSPS) is 19.1. The van der Waals surface area contributed by atoms with E-state index in [-0.39, 0.29) is 24.0 Å². The van der Waals surface area contributed by atoms with Crippen LogP contribution in [0.3, 0.4) is 0 Å². The van der Waals surface area contributed by atoms with E-state index < -0.39 is 5.82 Å². The highest BCUT2D eigenvalue weighted by molar-refractivity contribution is 5.77. The van der Waals surface area contributed by atoms with Crippen molar-refractivity contribution >= 4 is 5.91 Å².